The van der Waals surface area contributed by atoms with Crippen molar-refractivity contribution in [2.24, 2.45) is 11.8 Å². The highest BCUT2D eigenvalue weighted by atomic mass is 19.3. The molecule has 1 rings (SSSR count). The summed E-state index contributed by atoms with van der Waals surface area (Å²) in [5.41, 5.74) is 0. The van der Waals surface area contributed by atoms with Gasteiger partial charge in [-0.1, -0.05) is 32.6 Å². The molecule has 0 aromatic heterocycles. The fourth-order valence-electron chi connectivity index (χ4n) is 2.28. The fraction of sp³-hybridized carbons (Fsp3) is 0.909. The third kappa shape index (κ3) is 3.14. The lowest BCUT2D eigenvalue weighted by Crippen LogP contribution is -2.35. The molecule has 4 heteroatoms. The van der Waals surface area contributed by atoms with Crippen LogP contribution in [0.1, 0.15) is 45.4 Å². The van der Waals surface area contributed by atoms with Gasteiger partial charge in [-0.25, -0.2) is 8.78 Å². The van der Waals surface area contributed by atoms with Gasteiger partial charge in [-0.15, -0.1) is 0 Å². The Morgan fingerprint density at radius 1 is 1.47 bits per heavy atom. The van der Waals surface area contributed by atoms with Crippen LogP contribution in [0.2, 0.25) is 0 Å². The summed E-state index contributed by atoms with van der Waals surface area (Å²) in [7, 11) is 0. The van der Waals surface area contributed by atoms with Gasteiger partial charge in [0.1, 0.15) is 5.92 Å². The van der Waals surface area contributed by atoms with Gasteiger partial charge in [0, 0.05) is 6.42 Å². The average Bonchev–Trinajstić information content (AvgIpc) is 2.65. The molecule has 1 N–H and O–H groups in total. The summed E-state index contributed by atoms with van der Waals surface area (Å²) in [4.78, 5) is 10.8. The van der Waals surface area contributed by atoms with Crippen LogP contribution in [0, 0.1) is 11.8 Å². The molecule has 2 nitrogen and oxygen atoms in total. The molecule has 15 heavy (non-hydrogen) atoms. The van der Waals surface area contributed by atoms with E-state index in [1.807, 2.05) is 0 Å². The van der Waals surface area contributed by atoms with E-state index in [-0.39, 0.29) is 12.3 Å². The minimum Gasteiger partial charge on any atom is -0.481 e. The van der Waals surface area contributed by atoms with Crippen LogP contribution in [0.15, 0.2) is 0 Å². The highest BCUT2D eigenvalue weighted by molar-refractivity contribution is 5.71. The first-order chi connectivity index (χ1) is 6.97. The Balaban J connectivity index is 2.61. The van der Waals surface area contributed by atoms with Crippen molar-refractivity contribution < 1.29 is 18.7 Å². The Bertz CT molecular complexity index is 223. The lowest BCUT2D eigenvalue weighted by atomic mass is 9.87. The summed E-state index contributed by atoms with van der Waals surface area (Å²) in [5, 5.41) is 8.82. The third-order valence-corrected chi connectivity index (χ3v) is 3.32. The summed E-state index contributed by atoms with van der Waals surface area (Å²) in [5.74, 6) is -5.73. The molecule has 0 radical (unpaired) electrons. The summed E-state index contributed by atoms with van der Waals surface area (Å²) < 4.78 is 26.7. The van der Waals surface area contributed by atoms with Gasteiger partial charge in [0.25, 0.3) is 5.92 Å². The van der Waals surface area contributed by atoms with Crippen molar-refractivity contribution in [1.82, 2.24) is 0 Å². The molecule has 0 saturated heterocycles. The van der Waals surface area contributed by atoms with Crippen LogP contribution in [0.3, 0.4) is 0 Å². The van der Waals surface area contributed by atoms with Crippen molar-refractivity contribution in [3.63, 3.8) is 0 Å². The number of hydrogen-bond acceptors (Lipinski definition) is 1. The van der Waals surface area contributed by atoms with Gasteiger partial charge in [0.2, 0.25) is 0 Å². The standard InChI is InChI=1S/C11H18F2O2/c1-2-11(12,13)9(10(14)15)7-8-5-3-4-6-8/h8-9H,2-7H2,1H3,(H,14,15). The number of carboxylic acid groups (broad SMARTS) is 1. The zero-order valence-electron chi connectivity index (χ0n) is 9.01. The molecule has 1 unspecified atom stereocenters. The number of halogens is 2. The van der Waals surface area contributed by atoms with Crippen molar-refractivity contribution >= 4 is 5.97 Å². The number of aliphatic carboxylic acids is 1. The van der Waals surface area contributed by atoms with E-state index in [4.69, 9.17) is 5.11 Å². The van der Waals surface area contributed by atoms with E-state index in [2.05, 4.69) is 0 Å². The van der Waals surface area contributed by atoms with Gasteiger partial charge in [0.15, 0.2) is 0 Å². The maximum Gasteiger partial charge on any atom is 0.312 e. The molecule has 1 aliphatic carbocycles. The van der Waals surface area contributed by atoms with E-state index in [0.29, 0.717) is 0 Å². The SMILES string of the molecule is CCC(F)(F)C(CC1CCCC1)C(=O)O. The van der Waals surface area contributed by atoms with E-state index in [9.17, 15) is 13.6 Å². The Kier molecular flexibility index (Phi) is 4.05. The Labute approximate surface area is 88.7 Å². The minimum absolute atomic E-state index is 0.135. The summed E-state index contributed by atoms with van der Waals surface area (Å²) >= 11 is 0. The molecule has 0 bridgehead atoms. The molecule has 1 saturated carbocycles. The predicted molar refractivity (Wildman–Crippen MR) is 52.9 cm³/mol. The Morgan fingerprint density at radius 2 is 2.00 bits per heavy atom. The van der Waals surface area contributed by atoms with Crippen molar-refractivity contribution in [2.45, 2.75) is 51.4 Å². The van der Waals surface area contributed by atoms with Crippen LogP contribution < -0.4 is 0 Å². The van der Waals surface area contributed by atoms with Crippen molar-refractivity contribution in [1.29, 1.82) is 0 Å². The van der Waals surface area contributed by atoms with Crippen LogP contribution in [0.5, 0.6) is 0 Å². The molecule has 1 fully saturated rings. The maximum atomic E-state index is 13.3. The number of carboxylic acids is 1. The third-order valence-electron chi connectivity index (χ3n) is 3.32. The molecular weight excluding hydrogens is 202 g/mol. The Hall–Kier alpha value is -0.670. The predicted octanol–water partition coefficient (Wildman–Crippen LogP) is 3.31. The number of carbonyl (C=O) groups is 1. The van der Waals surface area contributed by atoms with Gasteiger partial charge < -0.3 is 5.11 Å². The number of alkyl halides is 2. The normalized spacial score (nSPS) is 20.5. The van der Waals surface area contributed by atoms with Gasteiger partial charge in [-0.05, 0) is 12.3 Å². The Morgan fingerprint density at radius 3 is 2.40 bits per heavy atom. The minimum atomic E-state index is -3.06. The average molecular weight is 220 g/mol. The monoisotopic (exact) mass is 220 g/mol. The van der Waals surface area contributed by atoms with Crippen LogP contribution in [0.4, 0.5) is 8.78 Å². The first-order valence-corrected chi connectivity index (χ1v) is 5.58. The van der Waals surface area contributed by atoms with E-state index in [1.165, 1.54) is 6.92 Å². The molecule has 0 aromatic rings. The fourth-order valence-corrected chi connectivity index (χ4v) is 2.28. The van der Waals surface area contributed by atoms with Crippen LogP contribution in [-0.2, 0) is 4.79 Å². The molecule has 0 amide bonds. The van der Waals surface area contributed by atoms with Gasteiger partial charge in [-0.2, -0.15) is 0 Å². The molecule has 1 atom stereocenters. The second-order valence-corrected chi connectivity index (χ2v) is 4.39. The summed E-state index contributed by atoms with van der Waals surface area (Å²) in [6.45, 7) is 1.34. The van der Waals surface area contributed by atoms with E-state index < -0.39 is 24.2 Å². The van der Waals surface area contributed by atoms with Crippen LogP contribution in [0.25, 0.3) is 0 Å². The van der Waals surface area contributed by atoms with Crippen LogP contribution >= 0.6 is 0 Å². The first kappa shape index (κ1) is 12.4. The highest BCUT2D eigenvalue weighted by Gasteiger charge is 2.44. The van der Waals surface area contributed by atoms with Gasteiger partial charge in [0.05, 0.1) is 0 Å². The largest absolute Gasteiger partial charge is 0.481 e. The van der Waals surface area contributed by atoms with Crippen molar-refractivity contribution in [2.75, 3.05) is 0 Å². The molecule has 0 heterocycles. The quantitative estimate of drug-likeness (QED) is 0.771. The van der Waals surface area contributed by atoms with Gasteiger partial charge in [-0.3, -0.25) is 4.79 Å². The molecule has 1 aliphatic rings. The van der Waals surface area contributed by atoms with Crippen molar-refractivity contribution in [3.05, 3.63) is 0 Å². The van der Waals surface area contributed by atoms with Crippen molar-refractivity contribution in [3.8, 4) is 0 Å². The maximum absolute atomic E-state index is 13.3. The summed E-state index contributed by atoms with van der Waals surface area (Å²) in [6.07, 6.45) is 3.66. The molecular formula is C11H18F2O2. The highest BCUT2D eigenvalue weighted by Crippen LogP contribution is 2.38. The molecule has 0 aliphatic heterocycles. The second-order valence-electron chi connectivity index (χ2n) is 4.39. The lowest BCUT2D eigenvalue weighted by molar-refractivity contribution is -0.159. The summed E-state index contributed by atoms with van der Waals surface area (Å²) in [6, 6.07) is 0. The molecule has 88 valence electrons. The van der Waals surface area contributed by atoms with Gasteiger partial charge >= 0.3 is 5.97 Å². The second kappa shape index (κ2) is 4.90. The van der Waals surface area contributed by atoms with E-state index >= 15 is 0 Å². The topological polar surface area (TPSA) is 37.3 Å². The molecule has 0 aromatic carbocycles. The molecule has 0 spiro atoms. The van der Waals surface area contributed by atoms with Crippen LogP contribution in [-0.4, -0.2) is 17.0 Å². The van der Waals surface area contributed by atoms with E-state index in [1.54, 1.807) is 0 Å². The lowest BCUT2D eigenvalue weighted by Gasteiger charge is -2.24. The smallest absolute Gasteiger partial charge is 0.312 e. The zero-order chi connectivity index (χ0) is 11.5. The number of rotatable bonds is 5. The van der Waals surface area contributed by atoms with E-state index in [0.717, 1.165) is 25.7 Å². The number of hydrogen-bond donors (Lipinski definition) is 1. The zero-order valence-corrected chi connectivity index (χ0v) is 9.01. The first-order valence-electron chi connectivity index (χ1n) is 5.58.